The number of rotatable bonds is 8. The van der Waals surface area contributed by atoms with Crippen molar-refractivity contribution in [2.24, 2.45) is 0 Å². The number of sulfone groups is 1. The number of hydrogen-bond donors (Lipinski definition) is 1. The minimum Gasteiger partial charge on any atom is -0.435 e. The predicted octanol–water partition coefficient (Wildman–Crippen LogP) is 2.76. The average Bonchev–Trinajstić information content (AvgIpc) is 2.55. The Kier molecular flexibility index (Phi) is 6.86. The zero-order chi connectivity index (χ0) is 20.0. The van der Waals surface area contributed by atoms with Gasteiger partial charge in [-0.05, 0) is 42.9 Å². The molecule has 0 heterocycles. The summed E-state index contributed by atoms with van der Waals surface area (Å²) in [7, 11) is -1.62. The van der Waals surface area contributed by atoms with Gasteiger partial charge < -0.3 is 10.1 Å². The molecule has 27 heavy (non-hydrogen) atoms. The minimum absolute atomic E-state index is 0.0678. The maximum absolute atomic E-state index is 12.1. The number of carbonyl (C=O) groups excluding carboxylic acids is 1. The molecule has 0 bridgehead atoms. The molecule has 1 amide bonds. The lowest BCUT2D eigenvalue weighted by atomic mass is 10.2. The fourth-order valence-electron chi connectivity index (χ4n) is 2.39. The van der Waals surface area contributed by atoms with Crippen molar-refractivity contribution in [3.8, 4) is 5.75 Å². The summed E-state index contributed by atoms with van der Waals surface area (Å²) in [4.78, 5) is 14.0. The van der Waals surface area contributed by atoms with Crippen LogP contribution < -0.4 is 10.1 Å². The maximum atomic E-state index is 12.1. The van der Waals surface area contributed by atoms with Gasteiger partial charge in [0.2, 0.25) is 5.91 Å². The van der Waals surface area contributed by atoms with Gasteiger partial charge in [-0.25, -0.2) is 8.42 Å². The van der Waals surface area contributed by atoms with Crippen LogP contribution in [0.4, 0.5) is 14.5 Å². The highest BCUT2D eigenvalue weighted by Crippen LogP contribution is 2.17. The molecule has 2 aromatic rings. The quantitative estimate of drug-likeness (QED) is 0.740. The predicted molar refractivity (Wildman–Crippen MR) is 97.6 cm³/mol. The number of ether oxygens (including phenoxy) is 1. The molecule has 0 aromatic heterocycles. The molecule has 0 spiro atoms. The number of benzene rings is 2. The van der Waals surface area contributed by atoms with Gasteiger partial charge in [-0.15, -0.1) is 0 Å². The van der Waals surface area contributed by atoms with Gasteiger partial charge in [0.25, 0.3) is 0 Å². The molecule has 1 N–H and O–H groups in total. The van der Waals surface area contributed by atoms with E-state index < -0.39 is 16.4 Å². The molecule has 0 aliphatic carbocycles. The van der Waals surface area contributed by atoms with Crippen LogP contribution in [0.5, 0.6) is 5.75 Å². The molecular formula is C18H20F2N2O4S. The van der Waals surface area contributed by atoms with Crippen LogP contribution in [-0.4, -0.2) is 45.7 Å². The third kappa shape index (κ3) is 6.95. The number of halogens is 2. The van der Waals surface area contributed by atoms with Crippen LogP contribution in [0.1, 0.15) is 5.56 Å². The number of nitrogens with one attached hydrogen (secondary N) is 1. The first kappa shape index (κ1) is 20.8. The Morgan fingerprint density at radius 1 is 1.19 bits per heavy atom. The van der Waals surface area contributed by atoms with Crippen LogP contribution in [0.15, 0.2) is 53.4 Å². The van der Waals surface area contributed by atoms with E-state index in [9.17, 15) is 22.0 Å². The van der Waals surface area contributed by atoms with E-state index in [0.29, 0.717) is 12.2 Å². The Morgan fingerprint density at radius 3 is 2.44 bits per heavy atom. The summed E-state index contributed by atoms with van der Waals surface area (Å²) >= 11 is 0. The van der Waals surface area contributed by atoms with Crippen LogP contribution >= 0.6 is 0 Å². The van der Waals surface area contributed by atoms with Gasteiger partial charge in [0, 0.05) is 18.5 Å². The molecule has 6 nitrogen and oxygen atoms in total. The molecule has 0 aliphatic rings. The highest BCUT2D eigenvalue weighted by molar-refractivity contribution is 7.90. The molecule has 0 unspecified atom stereocenters. The first-order valence-electron chi connectivity index (χ1n) is 7.96. The van der Waals surface area contributed by atoms with Crippen LogP contribution in [0.3, 0.4) is 0 Å². The number of amides is 1. The number of nitrogens with zero attached hydrogens (tertiary/aromatic N) is 1. The van der Waals surface area contributed by atoms with Crippen LogP contribution in [0.25, 0.3) is 0 Å². The molecule has 0 fully saturated rings. The topological polar surface area (TPSA) is 75.7 Å². The number of anilines is 1. The Balaban J connectivity index is 1.90. The molecule has 0 radical (unpaired) electrons. The second kappa shape index (κ2) is 8.92. The first-order chi connectivity index (χ1) is 12.6. The van der Waals surface area contributed by atoms with Crippen LogP contribution in [0.2, 0.25) is 0 Å². The summed E-state index contributed by atoms with van der Waals surface area (Å²) in [6.45, 7) is -2.38. The van der Waals surface area contributed by atoms with Gasteiger partial charge in [0.1, 0.15) is 5.75 Å². The van der Waals surface area contributed by atoms with Gasteiger partial charge in [-0.3, -0.25) is 9.69 Å². The van der Waals surface area contributed by atoms with Crippen LogP contribution in [0, 0.1) is 0 Å². The summed E-state index contributed by atoms with van der Waals surface area (Å²) < 4.78 is 51.7. The van der Waals surface area contributed by atoms with E-state index in [-0.39, 0.29) is 23.1 Å². The number of likely N-dealkylation sites (N-methyl/N-ethyl adjacent to an activating group) is 1. The molecule has 0 aliphatic heterocycles. The van der Waals surface area contributed by atoms with Crippen molar-refractivity contribution in [1.29, 1.82) is 0 Å². The van der Waals surface area contributed by atoms with E-state index in [2.05, 4.69) is 10.1 Å². The van der Waals surface area contributed by atoms with E-state index in [1.807, 2.05) is 0 Å². The van der Waals surface area contributed by atoms with E-state index in [0.717, 1.165) is 11.8 Å². The SMILES string of the molecule is CN(CC(=O)Nc1cccc(S(C)(=O)=O)c1)Cc1ccc(OC(F)F)cc1. The summed E-state index contributed by atoms with van der Waals surface area (Å²) in [6, 6.07) is 12.2. The van der Waals surface area contributed by atoms with Crippen LogP contribution in [-0.2, 0) is 21.2 Å². The van der Waals surface area contributed by atoms with E-state index in [4.69, 9.17) is 0 Å². The van der Waals surface area contributed by atoms with E-state index >= 15 is 0 Å². The Labute approximate surface area is 156 Å². The number of alkyl halides is 2. The van der Waals surface area contributed by atoms with Gasteiger partial charge in [-0.2, -0.15) is 8.78 Å². The largest absolute Gasteiger partial charge is 0.435 e. The van der Waals surface area contributed by atoms with Crippen molar-refractivity contribution < 1.29 is 26.7 Å². The maximum Gasteiger partial charge on any atom is 0.387 e. The minimum atomic E-state index is -3.35. The molecule has 2 aromatic carbocycles. The molecule has 0 saturated carbocycles. The summed E-state index contributed by atoms with van der Waals surface area (Å²) in [5.41, 5.74) is 1.22. The first-order valence-corrected chi connectivity index (χ1v) is 9.85. The van der Waals surface area contributed by atoms with Crippen molar-refractivity contribution in [2.45, 2.75) is 18.1 Å². The highest BCUT2D eigenvalue weighted by Gasteiger charge is 2.11. The standard InChI is InChI=1S/C18H20F2N2O4S/c1-22(11-13-6-8-15(9-7-13)26-18(19)20)12-17(23)21-14-4-3-5-16(10-14)27(2,24)25/h3-10,18H,11-12H2,1-2H3,(H,21,23). The van der Waals surface area contributed by atoms with Gasteiger partial charge >= 0.3 is 6.61 Å². The van der Waals surface area contributed by atoms with E-state index in [1.54, 1.807) is 36.2 Å². The lowest BCUT2D eigenvalue weighted by molar-refractivity contribution is -0.117. The van der Waals surface area contributed by atoms with E-state index in [1.165, 1.54) is 24.3 Å². The second-order valence-electron chi connectivity index (χ2n) is 6.04. The fourth-order valence-corrected chi connectivity index (χ4v) is 3.06. The summed E-state index contributed by atoms with van der Waals surface area (Å²) in [5.74, 6) is -0.235. The molecule has 2 rings (SSSR count). The third-order valence-corrected chi connectivity index (χ3v) is 4.67. The second-order valence-corrected chi connectivity index (χ2v) is 8.06. The molecule has 0 saturated heterocycles. The lowest BCUT2D eigenvalue weighted by Crippen LogP contribution is -2.29. The van der Waals surface area contributed by atoms with Crippen molar-refractivity contribution in [2.75, 3.05) is 25.2 Å². The highest BCUT2D eigenvalue weighted by atomic mass is 32.2. The monoisotopic (exact) mass is 398 g/mol. The zero-order valence-electron chi connectivity index (χ0n) is 14.9. The molecule has 9 heteroatoms. The molecule has 146 valence electrons. The number of carbonyl (C=O) groups is 1. The van der Waals surface area contributed by atoms with Crippen molar-refractivity contribution >= 4 is 21.4 Å². The van der Waals surface area contributed by atoms with Crippen molar-refractivity contribution in [1.82, 2.24) is 4.90 Å². The Morgan fingerprint density at radius 2 is 1.85 bits per heavy atom. The lowest BCUT2D eigenvalue weighted by Gasteiger charge is -2.17. The number of hydrogen-bond acceptors (Lipinski definition) is 5. The zero-order valence-corrected chi connectivity index (χ0v) is 15.7. The van der Waals surface area contributed by atoms with Gasteiger partial charge in [0.05, 0.1) is 11.4 Å². The fraction of sp³-hybridized carbons (Fsp3) is 0.278. The molecule has 0 atom stereocenters. The average molecular weight is 398 g/mol. The van der Waals surface area contributed by atoms with Crippen molar-refractivity contribution in [3.05, 3.63) is 54.1 Å². The normalized spacial score (nSPS) is 11.6. The summed E-state index contributed by atoms with van der Waals surface area (Å²) in [6.07, 6.45) is 1.10. The van der Waals surface area contributed by atoms with Crippen molar-refractivity contribution in [3.63, 3.8) is 0 Å². The smallest absolute Gasteiger partial charge is 0.387 e. The third-order valence-electron chi connectivity index (χ3n) is 3.56. The Hall–Kier alpha value is -2.52. The van der Waals surface area contributed by atoms with Gasteiger partial charge in [0.15, 0.2) is 9.84 Å². The Bertz CT molecular complexity index is 886. The molecular weight excluding hydrogens is 378 g/mol. The van der Waals surface area contributed by atoms with Gasteiger partial charge in [-0.1, -0.05) is 18.2 Å². The summed E-state index contributed by atoms with van der Waals surface area (Å²) in [5, 5.41) is 2.65.